The average Bonchev–Trinajstić information content (AvgIpc) is 3.55. The van der Waals surface area contributed by atoms with Crippen molar-refractivity contribution in [2.24, 2.45) is 0 Å². The van der Waals surface area contributed by atoms with E-state index in [1.807, 2.05) is 24.3 Å². The first kappa shape index (κ1) is 21.9. The highest BCUT2D eigenvalue weighted by Crippen LogP contribution is 2.29. The molecular weight excluding hydrogens is 437 g/mol. The summed E-state index contributed by atoms with van der Waals surface area (Å²) in [4.78, 5) is 19.3. The van der Waals surface area contributed by atoms with Crippen LogP contribution in [0.1, 0.15) is 46.5 Å². The van der Waals surface area contributed by atoms with E-state index >= 15 is 0 Å². The van der Waals surface area contributed by atoms with Gasteiger partial charge >= 0.3 is 0 Å². The molecule has 7 nitrogen and oxygen atoms in total. The number of likely N-dealkylation sites (tertiary alicyclic amines) is 1. The largest absolute Gasteiger partial charge is 0.497 e. The molecule has 1 fully saturated rings. The van der Waals surface area contributed by atoms with E-state index in [9.17, 15) is 9.18 Å². The van der Waals surface area contributed by atoms with Crippen molar-refractivity contribution in [3.8, 4) is 17.0 Å². The van der Waals surface area contributed by atoms with Gasteiger partial charge in [0.25, 0.3) is 5.91 Å². The number of rotatable bonds is 6. The Morgan fingerprint density at radius 1 is 1.21 bits per heavy atom. The zero-order valence-corrected chi connectivity index (χ0v) is 18.7. The van der Waals surface area contributed by atoms with Crippen LogP contribution in [0.2, 0.25) is 0 Å². The molecule has 1 atom stereocenters. The van der Waals surface area contributed by atoms with Gasteiger partial charge in [0, 0.05) is 31.1 Å². The maximum atomic E-state index is 13.1. The molecule has 1 aliphatic rings. The lowest BCUT2D eigenvalue weighted by molar-refractivity contribution is 0.0656. The van der Waals surface area contributed by atoms with Crippen molar-refractivity contribution in [2.75, 3.05) is 20.2 Å². The molecule has 5 rings (SSSR count). The number of nitrogens with zero attached hydrogens (tertiary/aromatic N) is 3. The number of hydrogen-bond donors (Lipinski definition) is 0. The van der Waals surface area contributed by atoms with Gasteiger partial charge in [-0.1, -0.05) is 29.4 Å². The van der Waals surface area contributed by atoms with E-state index in [0.717, 1.165) is 24.0 Å². The molecule has 0 bridgehead atoms. The molecule has 4 aromatic rings. The summed E-state index contributed by atoms with van der Waals surface area (Å²) in [6, 6.07) is 15.4. The van der Waals surface area contributed by atoms with Gasteiger partial charge in [-0.2, -0.15) is 0 Å². The Kier molecular flexibility index (Phi) is 6.12. The highest BCUT2D eigenvalue weighted by atomic mass is 19.1. The number of ether oxygens (including phenoxy) is 1. The van der Waals surface area contributed by atoms with Crippen molar-refractivity contribution in [2.45, 2.75) is 25.2 Å². The summed E-state index contributed by atoms with van der Waals surface area (Å²) < 4.78 is 29.8. The van der Waals surface area contributed by atoms with Crippen molar-refractivity contribution in [3.63, 3.8) is 0 Å². The standard InChI is InChI=1S/C26H24FN3O4/c1-32-21-6-2-4-18(13-21)23-14-24(34-29-23)26(31)30-11-3-5-19(16-30)25-28-15-22(33-25)12-17-7-9-20(27)10-8-17/h2,4,6-10,13-15,19H,3,5,11-12,16H2,1H3/t19-/m0/s1. The van der Waals surface area contributed by atoms with Gasteiger partial charge < -0.3 is 18.6 Å². The SMILES string of the molecule is COc1cccc(-c2cc(C(=O)N3CCC[C@H](c4ncc(Cc5ccc(F)cc5)o4)C3)on2)c1. The second-order valence-electron chi connectivity index (χ2n) is 8.37. The first-order valence-corrected chi connectivity index (χ1v) is 11.2. The molecule has 2 aromatic carbocycles. The minimum atomic E-state index is -0.267. The second kappa shape index (κ2) is 9.51. The molecule has 0 aliphatic carbocycles. The minimum Gasteiger partial charge on any atom is -0.497 e. The molecule has 0 saturated carbocycles. The monoisotopic (exact) mass is 461 g/mol. The number of hydrogen-bond acceptors (Lipinski definition) is 6. The molecule has 1 amide bonds. The van der Waals surface area contributed by atoms with Gasteiger partial charge in [-0.15, -0.1) is 0 Å². The third kappa shape index (κ3) is 4.71. The third-order valence-corrected chi connectivity index (χ3v) is 6.01. The van der Waals surface area contributed by atoms with E-state index in [-0.39, 0.29) is 23.4 Å². The molecule has 1 saturated heterocycles. The Bertz CT molecular complexity index is 1280. The van der Waals surface area contributed by atoms with Gasteiger partial charge in [0.1, 0.15) is 23.0 Å². The minimum absolute atomic E-state index is 0.000411. The number of amides is 1. The van der Waals surface area contributed by atoms with Gasteiger partial charge in [0.2, 0.25) is 5.76 Å². The Balaban J connectivity index is 1.26. The number of carbonyl (C=O) groups is 1. The zero-order valence-electron chi connectivity index (χ0n) is 18.7. The first-order valence-electron chi connectivity index (χ1n) is 11.2. The molecule has 0 radical (unpaired) electrons. The van der Waals surface area contributed by atoms with Crippen LogP contribution >= 0.6 is 0 Å². The van der Waals surface area contributed by atoms with Crippen LogP contribution in [0, 0.1) is 5.82 Å². The van der Waals surface area contributed by atoms with Crippen LogP contribution in [0.3, 0.4) is 0 Å². The molecule has 0 unspecified atom stereocenters. The van der Waals surface area contributed by atoms with Crippen molar-refractivity contribution in [3.05, 3.63) is 89.6 Å². The van der Waals surface area contributed by atoms with E-state index < -0.39 is 0 Å². The molecule has 3 heterocycles. The van der Waals surface area contributed by atoms with Crippen molar-refractivity contribution in [1.82, 2.24) is 15.0 Å². The third-order valence-electron chi connectivity index (χ3n) is 6.01. The topological polar surface area (TPSA) is 81.6 Å². The predicted octanol–water partition coefficient (Wildman–Crippen LogP) is 5.09. The van der Waals surface area contributed by atoms with E-state index in [1.54, 1.807) is 36.4 Å². The smallest absolute Gasteiger partial charge is 0.292 e. The summed E-state index contributed by atoms with van der Waals surface area (Å²) >= 11 is 0. The fourth-order valence-corrected chi connectivity index (χ4v) is 4.21. The number of piperidine rings is 1. The van der Waals surface area contributed by atoms with Crippen molar-refractivity contribution >= 4 is 5.91 Å². The summed E-state index contributed by atoms with van der Waals surface area (Å²) in [5.41, 5.74) is 2.34. The number of carbonyl (C=O) groups excluding carboxylic acids is 1. The highest BCUT2D eigenvalue weighted by Gasteiger charge is 2.30. The zero-order chi connectivity index (χ0) is 23.5. The Hall–Kier alpha value is -3.94. The molecule has 0 N–H and O–H groups in total. The van der Waals surface area contributed by atoms with Gasteiger partial charge in [-0.3, -0.25) is 4.79 Å². The van der Waals surface area contributed by atoms with Gasteiger partial charge in [0.15, 0.2) is 5.89 Å². The summed E-state index contributed by atoms with van der Waals surface area (Å²) in [6.07, 6.45) is 3.96. The van der Waals surface area contributed by atoms with Crippen LogP contribution < -0.4 is 4.74 Å². The Morgan fingerprint density at radius 2 is 2.06 bits per heavy atom. The average molecular weight is 461 g/mol. The van der Waals surface area contributed by atoms with Crippen LogP contribution in [0.5, 0.6) is 5.75 Å². The molecule has 0 spiro atoms. The highest BCUT2D eigenvalue weighted by molar-refractivity contribution is 5.92. The summed E-state index contributed by atoms with van der Waals surface area (Å²) in [5.74, 6) is 1.76. The molecule has 8 heteroatoms. The Morgan fingerprint density at radius 3 is 2.88 bits per heavy atom. The quantitative estimate of drug-likeness (QED) is 0.398. The van der Waals surface area contributed by atoms with Crippen molar-refractivity contribution in [1.29, 1.82) is 0 Å². The first-order chi connectivity index (χ1) is 16.6. The Labute approximate surface area is 196 Å². The van der Waals surface area contributed by atoms with Gasteiger partial charge in [-0.25, -0.2) is 9.37 Å². The summed E-state index contributed by atoms with van der Waals surface area (Å²) in [7, 11) is 1.60. The van der Waals surface area contributed by atoms with Gasteiger partial charge in [0.05, 0.1) is 19.2 Å². The van der Waals surface area contributed by atoms with Crippen LogP contribution in [0.15, 0.2) is 69.7 Å². The maximum Gasteiger partial charge on any atom is 0.292 e. The van der Waals surface area contributed by atoms with Crippen molar-refractivity contribution < 1.29 is 22.9 Å². The number of benzene rings is 2. The van der Waals surface area contributed by atoms with E-state index in [1.165, 1.54) is 12.1 Å². The lowest BCUT2D eigenvalue weighted by Crippen LogP contribution is -2.39. The molecule has 2 aromatic heterocycles. The van der Waals surface area contributed by atoms with Crippen LogP contribution in [0.4, 0.5) is 4.39 Å². The molecule has 34 heavy (non-hydrogen) atoms. The number of aromatic nitrogens is 2. The van der Waals surface area contributed by atoms with Gasteiger partial charge in [-0.05, 0) is 42.7 Å². The lowest BCUT2D eigenvalue weighted by Gasteiger charge is -2.30. The van der Waals surface area contributed by atoms with E-state index in [4.69, 9.17) is 13.7 Å². The van der Waals surface area contributed by atoms with Crippen LogP contribution in [-0.2, 0) is 6.42 Å². The second-order valence-corrected chi connectivity index (χ2v) is 8.37. The van der Waals surface area contributed by atoms with E-state index in [0.29, 0.717) is 42.6 Å². The molecule has 1 aliphatic heterocycles. The van der Waals surface area contributed by atoms with Crippen LogP contribution in [-0.4, -0.2) is 41.1 Å². The molecular formula is C26H24FN3O4. The number of oxazole rings is 1. The summed E-state index contributed by atoms with van der Waals surface area (Å²) in [6.45, 7) is 1.12. The summed E-state index contributed by atoms with van der Waals surface area (Å²) in [5, 5.41) is 4.07. The fraction of sp³-hybridized carbons (Fsp3) is 0.269. The fourth-order valence-electron chi connectivity index (χ4n) is 4.21. The predicted molar refractivity (Wildman–Crippen MR) is 122 cm³/mol. The normalized spacial score (nSPS) is 15.9. The number of methoxy groups -OCH3 is 1. The number of halogens is 1. The maximum absolute atomic E-state index is 13.1. The van der Waals surface area contributed by atoms with Crippen LogP contribution in [0.25, 0.3) is 11.3 Å². The molecule has 174 valence electrons. The lowest BCUT2D eigenvalue weighted by atomic mass is 9.97. The van der Waals surface area contributed by atoms with E-state index in [2.05, 4.69) is 10.1 Å².